The third kappa shape index (κ3) is 2.94. The molecule has 1 fully saturated rings. The van der Waals surface area contributed by atoms with Crippen LogP contribution in [0, 0.1) is 0 Å². The first-order valence-electron chi connectivity index (χ1n) is 12.2. The van der Waals surface area contributed by atoms with Crippen LogP contribution < -0.4 is 0 Å². The highest BCUT2D eigenvalue weighted by atomic mass is 16.6. The van der Waals surface area contributed by atoms with Gasteiger partial charge in [-0.15, -0.1) is 0 Å². The van der Waals surface area contributed by atoms with Gasteiger partial charge in [0.15, 0.2) is 6.23 Å². The van der Waals surface area contributed by atoms with Crippen LogP contribution >= 0.6 is 0 Å². The molecule has 2 aliphatic rings. The molecule has 39 heavy (non-hydrogen) atoms. The predicted molar refractivity (Wildman–Crippen MR) is 138 cm³/mol. The van der Waals surface area contributed by atoms with Gasteiger partial charge in [0.25, 0.3) is 11.8 Å². The van der Waals surface area contributed by atoms with Gasteiger partial charge in [-0.25, -0.2) is 0 Å². The summed E-state index contributed by atoms with van der Waals surface area (Å²) in [6.07, 6.45) is -7.58. The maximum Gasteiger partial charge on any atom is 0.262 e. The van der Waals surface area contributed by atoms with Crippen molar-refractivity contribution < 1.29 is 45.0 Å². The molecule has 5 aromatic rings. The number of rotatable bonds is 2. The van der Waals surface area contributed by atoms with Gasteiger partial charge in [-0.1, -0.05) is 0 Å². The molecule has 200 valence electrons. The molecule has 2 aliphatic heterocycles. The highest BCUT2D eigenvalue weighted by Crippen LogP contribution is 2.47. The lowest BCUT2D eigenvalue weighted by molar-refractivity contribution is -0.249. The first-order valence-corrected chi connectivity index (χ1v) is 12.2. The fourth-order valence-electron chi connectivity index (χ4n) is 6.09. The lowest BCUT2D eigenvalue weighted by atomic mass is 9.96. The van der Waals surface area contributed by atoms with E-state index in [9.17, 15) is 40.2 Å². The van der Waals surface area contributed by atoms with Crippen LogP contribution in [0.5, 0.6) is 11.5 Å². The van der Waals surface area contributed by atoms with Crippen molar-refractivity contribution >= 4 is 55.4 Å². The second kappa shape index (κ2) is 7.91. The van der Waals surface area contributed by atoms with Crippen LogP contribution in [0.4, 0.5) is 0 Å². The van der Waals surface area contributed by atoms with E-state index in [0.29, 0.717) is 43.6 Å². The van der Waals surface area contributed by atoms with Crippen molar-refractivity contribution in [2.24, 2.45) is 0 Å². The average molecular weight is 533 g/mol. The second-order valence-corrected chi connectivity index (χ2v) is 10.0. The second-order valence-electron chi connectivity index (χ2n) is 10.0. The number of ether oxygens (including phenoxy) is 1. The van der Waals surface area contributed by atoms with Crippen LogP contribution in [0.2, 0.25) is 0 Å². The molecule has 3 aromatic carbocycles. The van der Waals surface area contributed by atoms with Gasteiger partial charge in [0.1, 0.15) is 35.9 Å². The maximum absolute atomic E-state index is 13.5. The maximum atomic E-state index is 13.5. The summed E-state index contributed by atoms with van der Waals surface area (Å²) in [7, 11) is 1.38. The van der Waals surface area contributed by atoms with Crippen molar-refractivity contribution in [3.8, 4) is 11.5 Å². The van der Waals surface area contributed by atoms with E-state index in [1.54, 1.807) is 12.1 Å². The Labute approximate surface area is 218 Å². The Morgan fingerprint density at radius 1 is 0.872 bits per heavy atom. The van der Waals surface area contributed by atoms with Gasteiger partial charge in [-0.2, -0.15) is 0 Å². The highest BCUT2D eigenvalue weighted by Gasteiger charge is 2.46. The number of amides is 2. The molecule has 2 aromatic heterocycles. The zero-order valence-corrected chi connectivity index (χ0v) is 20.4. The minimum Gasteiger partial charge on any atom is -0.508 e. The van der Waals surface area contributed by atoms with Crippen LogP contribution in [-0.4, -0.2) is 95.0 Å². The SMILES string of the molecule is CN1C(=O)c2c(c3c4ccc(O)cc4n(C4OC(CO)C(O)C(O)C4O)c3c3[nH]c4cc(O)ccc4c23)C1=O. The number of hydrogen-bond donors (Lipinski definition) is 7. The van der Waals surface area contributed by atoms with E-state index < -0.39 is 49.1 Å². The van der Waals surface area contributed by atoms with E-state index in [-0.39, 0.29) is 22.6 Å². The molecule has 1 saturated heterocycles. The van der Waals surface area contributed by atoms with Gasteiger partial charge >= 0.3 is 0 Å². The molecular weight excluding hydrogens is 510 g/mol. The molecule has 7 rings (SSSR count). The van der Waals surface area contributed by atoms with Crippen molar-refractivity contribution in [1.82, 2.24) is 14.5 Å². The molecule has 5 atom stereocenters. The topological polar surface area (TPSA) is 189 Å². The zero-order valence-electron chi connectivity index (χ0n) is 20.4. The van der Waals surface area contributed by atoms with Crippen LogP contribution in [0.1, 0.15) is 26.9 Å². The van der Waals surface area contributed by atoms with Gasteiger partial charge in [0.05, 0.1) is 39.8 Å². The first kappa shape index (κ1) is 23.9. The summed E-state index contributed by atoms with van der Waals surface area (Å²) < 4.78 is 7.40. The summed E-state index contributed by atoms with van der Waals surface area (Å²) in [5.41, 5.74) is 1.78. The van der Waals surface area contributed by atoms with Crippen LogP contribution in [0.3, 0.4) is 0 Å². The molecule has 5 unspecified atom stereocenters. The minimum absolute atomic E-state index is 0.0270. The fourth-order valence-corrected chi connectivity index (χ4v) is 6.09. The summed E-state index contributed by atoms with van der Waals surface area (Å²) in [4.78, 5) is 31.2. The average Bonchev–Trinajstić information content (AvgIpc) is 3.51. The number of aromatic amines is 1. The Balaban J connectivity index is 1.72. The number of imide groups is 1. The highest BCUT2D eigenvalue weighted by molar-refractivity contribution is 6.39. The number of aromatic hydroxyl groups is 2. The fraction of sp³-hybridized carbons (Fsp3) is 0.259. The van der Waals surface area contributed by atoms with Crippen molar-refractivity contribution in [1.29, 1.82) is 0 Å². The molecule has 0 aliphatic carbocycles. The van der Waals surface area contributed by atoms with Gasteiger partial charge < -0.3 is 44.9 Å². The molecule has 0 bridgehead atoms. The van der Waals surface area contributed by atoms with Crippen molar-refractivity contribution in [3.63, 3.8) is 0 Å². The number of aliphatic hydroxyl groups is 4. The molecule has 0 radical (unpaired) electrons. The van der Waals surface area contributed by atoms with E-state index in [1.807, 2.05) is 0 Å². The van der Waals surface area contributed by atoms with Crippen LogP contribution in [0.15, 0.2) is 36.4 Å². The van der Waals surface area contributed by atoms with Crippen LogP contribution in [-0.2, 0) is 4.74 Å². The third-order valence-electron chi connectivity index (χ3n) is 7.92. The third-order valence-corrected chi connectivity index (χ3v) is 7.92. The van der Waals surface area contributed by atoms with Gasteiger partial charge in [0, 0.05) is 40.7 Å². The Morgan fingerprint density at radius 3 is 2.21 bits per heavy atom. The number of phenolic OH excluding ortho intramolecular Hbond substituents is 2. The number of aromatic nitrogens is 2. The lowest BCUT2D eigenvalue weighted by Crippen LogP contribution is -2.56. The number of H-pyrrole nitrogens is 1. The van der Waals surface area contributed by atoms with E-state index >= 15 is 0 Å². The van der Waals surface area contributed by atoms with E-state index in [4.69, 9.17) is 4.74 Å². The van der Waals surface area contributed by atoms with Gasteiger partial charge in [-0.3, -0.25) is 14.5 Å². The number of nitrogens with zero attached hydrogens (tertiary/aromatic N) is 2. The number of carbonyl (C=O) groups excluding carboxylic acids is 2. The number of aliphatic hydroxyl groups excluding tert-OH is 4. The molecule has 12 heteroatoms. The quantitative estimate of drug-likeness (QED) is 0.163. The molecule has 12 nitrogen and oxygen atoms in total. The number of phenols is 2. The number of carbonyl (C=O) groups is 2. The molecule has 0 saturated carbocycles. The smallest absolute Gasteiger partial charge is 0.262 e. The Morgan fingerprint density at radius 2 is 1.51 bits per heavy atom. The molecule has 0 spiro atoms. The summed E-state index contributed by atoms with van der Waals surface area (Å²) >= 11 is 0. The largest absolute Gasteiger partial charge is 0.508 e. The predicted octanol–water partition coefficient (Wildman–Crippen LogP) is 1.04. The van der Waals surface area contributed by atoms with Crippen molar-refractivity contribution in [2.75, 3.05) is 13.7 Å². The normalized spacial score (nSPS) is 25.6. The number of nitrogens with one attached hydrogen (secondary N) is 1. The first-order chi connectivity index (χ1) is 18.6. The minimum atomic E-state index is -1.69. The summed E-state index contributed by atoms with van der Waals surface area (Å²) in [5.74, 6) is -1.22. The molecule has 4 heterocycles. The summed E-state index contributed by atoms with van der Waals surface area (Å²) in [5, 5.41) is 64.2. The standard InChI is InChI=1S/C27H23N3O9/c1-29-25(37)18-16-11-4-2-9(32)6-13(11)28-20(16)21-17(19(18)26(29)38)12-5-3-10(33)7-14(12)30(21)27-24(36)23(35)22(34)15(8-31)39-27/h2-7,15,22-24,27-28,31-36H,8H2,1H3. The van der Waals surface area contributed by atoms with E-state index in [2.05, 4.69) is 4.98 Å². The zero-order chi connectivity index (χ0) is 27.5. The Kier molecular flexibility index (Phi) is 4.84. The van der Waals surface area contributed by atoms with Gasteiger partial charge in [0.2, 0.25) is 0 Å². The van der Waals surface area contributed by atoms with E-state index in [0.717, 1.165) is 4.90 Å². The summed E-state index contributed by atoms with van der Waals surface area (Å²) in [6, 6.07) is 8.95. The van der Waals surface area contributed by atoms with Crippen LogP contribution in [0.25, 0.3) is 43.6 Å². The number of hydrogen-bond acceptors (Lipinski definition) is 9. The monoisotopic (exact) mass is 533 g/mol. The number of benzene rings is 3. The van der Waals surface area contributed by atoms with Gasteiger partial charge in [-0.05, 0) is 24.3 Å². The Hall–Kier alpha value is -4.20. The molecule has 7 N–H and O–H groups in total. The molecule has 2 amide bonds. The van der Waals surface area contributed by atoms with E-state index in [1.165, 1.54) is 35.9 Å². The Bertz CT molecular complexity index is 1890. The van der Waals surface area contributed by atoms with Crippen molar-refractivity contribution in [2.45, 2.75) is 30.6 Å². The summed E-state index contributed by atoms with van der Waals surface area (Å²) in [6.45, 7) is -0.655. The molecular formula is C27H23N3O9. The number of fused-ring (bicyclic) bond motifs is 10. The lowest BCUT2D eigenvalue weighted by Gasteiger charge is -2.41. The van der Waals surface area contributed by atoms with Crippen molar-refractivity contribution in [3.05, 3.63) is 47.5 Å².